The van der Waals surface area contributed by atoms with Crippen LogP contribution in [-0.4, -0.2) is 36.3 Å². The molecular formula is C11H9N7OS. The molecule has 0 aliphatic carbocycles. The molecule has 0 fully saturated rings. The van der Waals surface area contributed by atoms with Crippen LogP contribution in [0.5, 0.6) is 0 Å². The van der Waals surface area contributed by atoms with Crippen LogP contribution in [0.4, 0.5) is 5.13 Å². The number of aromatic nitrogens is 6. The van der Waals surface area contributed by atoms with Gasteiger partial charge < -0.3 is 0 Å². The number of benzene rings is 1. The van der Waals surface area contributed by atoms with Gasteiger partial charge in [0.05, 0.1) is 11.3 Å². The van der Waals surface area contributed by atoms with Crippen molar-refractivity contribution >= 4 is 22.4 Å². The van der Waals surface area contributed by atoms with Crippen molar-refractivity contribution < 1.29 is 4.79 Å². The summed E-state index contributed by atoms with van der Waals surface area (Å²) in [6, 6.07) is 7.04. The number of aryl methyl sites for hydroxylation is 1. The summed E-state index contributed by atoms with van der Waals surface area (Å²) in [6.45, 7) is 1.82. The molecule has 100 valence electrons. The van der Waals surface area contributed by atoms with Gasteiger partial charge in [0.25, 0.3) is 5.91 Å². The monoisotopic (exact) mass is 287 g/mol. The van der Waals surface area contributed by atoms with E-state index >= 15 is 0 Å². The van der Waals surface area contributed by atoms with Gasteiger partial charge in [-0.1, -0.05) is 23.5 Å². The number of amides is 1. The molecule has 20 heavy (non-hydrogen) atoms. The van der Waals surface area contributed by atoms with Crippen molar-refractivity contribution in [2.45, 2.75) is 6.92 Å². The number of nitrogens with zero attached hydrogens (tertiary/aromatic N) is 6. The fourth-order valence-corrected chi connectivity index (χ4v) is 2.24. The molecule has 0 radical (unpaired) electrons. The number of carbonyl (C=O) groups excluding carboxylic acids is 1. The highest BCUT2D eigenvalue weighted by atomic mass is 32.1. The normalized spacial score (nSPS) is 10.4. The maximum absolute atomic E-state index is 12.3. The van der Waals surface area contributed by atoms with Crippen molar-refractivity contribution in [2.24, 2.45) is 0 Å². The second-order valence-corrected chi connectivity index (χ2v) is 5.03. The average molecular weight is 287 g/mol. The van der Waals surface area contributed by atoms with Gasteiger partial charge in [0.15, 0.2) is 0 Å². The van der Waals surface area contributed by atoms with Crippen molar-refractivity contribution in [3.63, 3.8) is 0 Å². The van der Waals surface area contributed by atoms with E-state index in [0.717, 1.165) is 5.01 Å². The number of tetrazole rings is 1. The minimum Gasteiger partial charge on any atom is -0.296 e. The van der Waals surface area contributed by atoms with Gasteiger partial charge in [0, 0.05) is 0 Å². The lowest BCUT2D eigenvalue weighted by atomic mass is 10.1. The number of para-hydroxylation sites is 1. The van der Waals surface area contributed by atoms with Gasteiger partial charge >= 0.3 is 0 Å². The lowest BCUT2D eigenvalue weighted by Crippen LogP contribution is -2.15. The number of nitrogens with one attached hydrogen (secondary N) is 1. The molecule has 0 aliphatic rings. The molecule has 1 amide bonds. The van der Waals surface area contributed by atoms with Gasteiger partial charge in [-0.3, -0.25) is 10.1 Å². The predicted octanol–water partition coefficient (Wildman–Crippen LogP) is 1.07. The van der Waals surface area contributed by atoms with Crippen LogP contribution in [0.25, 0.3) is 5.69 Å². The van der Waals surface area contributed by atoms with Crippen LogP contribution in [0.2, 0.25) is 0 Å². The topological polar surface area (TPSA) is 98.5 Å². The molecule has 0 bridgehead atoms. The fraction of sp³-hybridized carbons (Fsp3) is 0.0909. The van der Waals surface area contributed by atoms with E-state index in [0.29, 0.717) is 16.4 Å². The Morgan fingerprint density at radius 2 is 2.15 bits per heavy atom. The molecule has 0 aliphatic heterocycles. The van der Waals surface area contributed by atoms with E-state index in [-0.39, 0.29) is 5.91 Å². The minimum absolute atomic E-state index is 0.285. The summed E-state index contributed by atoms with van der Waals surface area (Å²) < 4.78 is 1.43. The fourth-order valence-electron chi connectivity index (χ4n) is 1.65. The van der Waals surface area contributed by atoms with Crippen molar-refractivity contribution in [1.82, 2.24) is 30.4 Å². The predicted molar refractivity (Wildman–Crippen MR) is 71.8 cm³/mol. The van der Waals surface area contributed by atoms with Gasteiger partial charge in [-0.15, -0.1) is 15.3 Å². The molecule has 8 nitrogen and oxygen atoms in total. The van der Waals surface area contributed by atoms with Crippen molar-refractivity contribution in [3.05, 3.63) is 41.2 Å². The number of hydrogen-bond donors (Lipinski definition) is 1. The third-order valence-corrected chi connectivity index (χ3v) is 3.25. The highest BCUT2D eigenvalue weighted by Gasteiger charge is 2.14. The van der Waals surface area contributed by atoms with Gasteiger partial charge in [-0.05, 0) is 29.5 Å². The lowest BCUT2D eigenvalue weighted by Gasteiger charge is -2.07. The Hall–Kier alpha value is -2.68. The molecule has 1 N–H and O–H groups in total. The van der Waals surface area contributed by atoms with E-state index < -0.39 is 0 Å². The quantitative estimate of drug-likeness (QED) is 0.773. The molecular weight excluding hydrogens is 278 g/mol. The summed E-state index contributed by atoms with van der Waals surface area (Å²) in [6.07, 6.45) is 1.43. The third kappa shape index (κ3) is 2.38. The maximum Gasteiger partial charge on any atom is 0.259 e. The number of carbonyl (C=O) groups is 1. The number of anilines is 1. The first-order valence-electron chi connectivity index (χ1n) is 5.68. The van der Waals surface area contributed by atoms with Crippen LogP contribution in [0, 0.1) is 6.92 Å². The molecule has 0 unspecified atom stereocenters. The smallest absolute Gasteiger partial charge is 0.259 e. The first kappa shape index (κ1) is 12.4. The second-order valence-electron chi connectivity index (χ2n) is 3.85. The molecule has 0 saturated heterocycles. The number of rotatable bonds is 3. The van der Waals surface area contributed by atoms with Crippen LogP contribution in [0.15, 0.2) is 30.6 Å². The molecule has 9 heteroatoms. The summed E-state index contributed by atoms with van der Waals surface area (Å²) in [5.41, 5.74) is 1.05. The SMILES string of the molecule is Cc1nnc(NC(=O)c2ccccc2-n2cnnn2)s1. The summed E-state index contributed by atoms with van der Waals surface area (Å²) in [7, 11) is 0. The molecule has 3 rings (SSSR count). The maximum atomic E-state index is 12.3. The average Bonchev–Trinajstić information content (AvgIpc) is 3.10. The van der Waals surface area contributed by atoms with Crippen LogP contribution >= 0.6 is 11.3 Å². The molecule has 0 spiro atoms. The van der Waals surface area contributed by atoms with Crippen LogP contribution in [0.1, 0.15) is 15.4 Å². The van der Waals surface area contributed by atoms with E-state index in [1.54, 1.807) is 18.2 Å². The van der Waals surface area contributed by atoms with Gasteiger partial charge in [-0.2, -0.15) is 4.68 Å². The minimum atomic E-state index is -0.285. The van der Waals surface area contributed by atoms with Crippen molar-refractivity contribution in [1.29, 1.82) is 0 Å². The molecule has 0 saturated carbocycles. The van der Waals surface area contributed by atoms with Gasteiger partial charge in [0.1, 0.15) is 11.3 Å². The summed E-state index contributed by atoms with van der Waals surface area (Å²) in [4.78, 5) is 12.3. The summed E-state index contributed by atoms with van der Waals surface area (Å²) in [5.74, 6) is -0.285. The van der Waals surface area contributed by atoms with Crippen LogP contribution in [0.3, 0.4) is 0 Å². The number of hydrogen-bond acceptors (Lipinski definition) is 7. The summed E-state index contributed by atoms with van der Waals surface area (Å²) in [5, 5.41) is 22.6. The van der Waals surface area contributed by atoms with Crippen molar-refractivity contribution in [2.75, 3.05) is 5.32 Å². The molecule has 2 aromatic heterocycles. The first-order valence-corrected chi connectivity index (χ1v) is 6.49. The van der Waals surface area contributed by atoms with E-state index in [4.69, 9.17) is 0 Å². The molecule has 0 atom stereocenters. The molecule has 1 aromatic carbocycles. The standard InChI is InChI=1S/C11H9N7OS/c1-7-14-15-11(20-7)13-10(19)8-4-2-3-5-9(8)18-6-12-16-17-18/h2-6H,1H3,(H,13,15,19). The van der Waals surface area contributed by atoms with E-state index in [2.05, 4.69) is 31.0 Å². The van der Waals surface area contributed by atoms with E-state index in [1.807, 2.05) is 13.0 Å². The third-order valence-electron chi connectivity index (χ3n) is 2.49. The van der Waals surface area contributed by atoms with Gasteiger partial charge in [-0.25, -0.2) is 0 Å². The first-order chi connectivity index (χ1) is 9.74. The zero-order valence-electron chi connectivity index (χ0n) is 10.4. The Bertz CT molecular complexity index is 737. The Morgan fingerprint density at radius 1 is 1.30 bits per heavy atom. The Kier molecular flexibility index (Phi) is 3.17. The van der Waals surface area contributed by atoms with E-state index in [1.165, 1.54) is 22.3 Å². The van der Waals surface area contributed by atoms with Crippen molar-refractivity contribution in [3.8, 4) is 5.69 Å². The Morgan fingerprint density at radius 3 is 2.85 bits per heavy atom. The largest absolute Gasteiger partial charge is 0.296 e. The highest BCUT2D eigenvalue weighted by Crippen LogP contribution is 2.18. The van der Waals surface area contributed by atoms with Crippen LogP contribution in [-0.2, 0) is 0 Å². The molecule has 2 heterocycles. The summed E-state index contributed by atoms with van der Waals surface area (Å²) >= 11 is 1.31. The highest BCUT2D eigenvalue weighted by molar-refractivity contribution is 7.15. The lowest BCUT2D eigenvalue weighted by molar-refractivity contribution is 0.102. The Labute approximate surface area is 117 Å². The molecule has 3 aromatic rings. The van der Waals surface area contributed by atoms with Crippen LogP contribution < -0.4 is 5.32 Å². The zero-order valence-corrected chi connectivity index (χ0v) is 11.2. The Balaban J connectivity index is 1.92. The zero-order chi connectivity index (χ0) is 13.9. The second kappa shape index (κ2) is 5.13. The van der Waals surface area contributed by atoms with E-state index in [9.17, 15) is 4.79 Å². The van der Waals surface area contributed by atoms with Gasteiger partial charge in [0.2, 0.25) is 5.13 Å².